The summed E-state index contributed by atoms with van der Waals surface area (Å²) in [5.74, 6) is 1.93. The van der Waals surface area contributed by atoms with Crippen LogP contribution in [0.5, 0.6) is 0 Å². The molecule has 0 saturated heterocycles. The minimum absolute atomic E-state index is 0.0270. The molecule has 0 saturated carbocycles. The zero-order chi connectivity index (χ0) is 14.5. The Morgan fingerprint density at radius 1 is 1.42 bits per heavy atom. The first-order chi connectivity index (χ1) is 8.86. The number of alkyl halides is 2. The average molecular weight is 289 g/mol. The van der Waals surface area contributed by atoms with Crippen molar-refractivity contribution in [2.45, 2.75) is 19.1 Å². The van der Waals surface area contributed by atoms with Gasteiger partial charge in [-0.15, -0.1) is 0 Å². The van der Waals surface area contributed by atoms with E-state index >= 15 is 0 Å². The van der Waals surface area contributed by atoms with Crippen LogP contribution in [-0.4, -0.2) is 25.9 Å². The predicted octanol–water partition coefficient (Wildman–Crippen LogP) is 1.69. The third-order valence-corrected chi connectivity index (χ3v) is 3.18. The molecule has 0 aliphatic rings. The zero-order valence-corrected chi connectivity index (χ0v) is 11.0. The number of nitrogens with one attached hydrogen (secondary N) is 1. The topological polar surface area (TPSA) is 66.4 Å². The van der Waals surface area contributed by atoms with Crippen LogP contribution in [0.1, 0.15) is 17.5 Å². The van der Waals surface area contributed by atoms with Gasteiger partial charge in [0.05, 0.1) is 6.61 Å². The minimum Gasteiger partial charge on any atom is -0.395 e. The van der Waals surface area contributed by atoms with Crippen molar-refractivity contribution in [3.05, 3.63) is 29.3 Å². The molecule has 2 N–H and O–H groups in total. The Labute approximate surface area is 110 Å². The summed E-state index contributed by atoms with van der Waals surface area (Å²) in [6.07, 6.45) is 0.284. The molecule has 4 nitrogen and oxygen atoms in total. The van der Waals surface area contributed by atoms with Crippen molar-refractivity contribution >= 4 is 15.7 Å². The van der Waals surface area contributed by atoms with Crippen molar-refractivity contribution < 1.29 is 22.3 Å². The number of aryl methyl sites for hydroxylation is 1. The molecule has 104 valence electrons. The molecule has 0 aliphatic carbocycles. The number of aliphatic hydroxyl groups excluding tert-OH is 1. The largest absolute Gasteiger partial charge is 0.395 e. The summed E-state index contributed by atoms with van der Waals surface area (Å²) in [4.78, 5) is 0. The second-order valence-electron chi connectivity index (χ2n) is 3.71. The molecule has 1 aromatic carbocycles. The maximum atomic E-state index is 12.2. The fourth-order valence-electron chi connectivity index (χ4n) is 1.24. The first-order valence-corrected chi connectivity index (χ1v) is 6.91. The van der Waals surface area contributed by atoms with Crippen LogP contribution in [0.3, 0.4) is 0 Å². The quantitative estimate of drug-likeness (QED) is 0.829. The van der Waals surface area contributed by atoms with Crippen molar-refractivity contribution in [2.24, 2.45) is 0 Å². The van der Waals surface area contributed by atoms with E-state index < -0.39 is 15.8 Å². The third kappa shape index (κ3) is 4.50. The maximum absolute atomic E-state index is 12.2. The van der Waals surface area contributed by atoms with Crippen LogP contribution in [0, 0.1) is 18.8 Å². The van der Waals surface area contributed by atoms with Crippen molar-refractivity contribution in [3.8, 4) is 11.8 Å². The molecule has 0 spiro atoms. The lowest BCUT2D eigenvalue weighted by Gasteiger charge is -2.08. The van der Waals surface area contributed by atoms with Gasteiger partial charge < -0.3 is 5.11 Å². The van der Waals surface area contributed by atoms with E-state index in [0.717, 1.165) is 5.56 Å². The van der Waals surface area contributed by atoms with E-state index in [-0.39, 0.29) is 18.7 Å². The van der Waals surface area contributed by atoms with Crippen LogP contribution >= 0.6 is 0 Å². The van der Waals surface area contributed by atoms with Gasteiger partial charge in [0.25, 0.3) is 10.0 Å². The van der Waals surface area contributed by atoms with Gasteiger partial charge in [0.2, 0.25) is 0 Å². The smallest absolute Gasteiger partial charge is 0.355 e. The van der Waals surface area contributed by atoms with Crippen molar-refractivity contribution in [2.75, 3.05) is 11.3 Å². The highest BCUT2D eigenvalue weighted by Crippen LogP contribution is 2.17. The van der Waals surface area contributed by atoms with Crippen LogP contribution in [0.15, 0.2) is 18.2 Å². The summed E-state index contributed by atoms with van der Waals surface area (Å²) in [6.45, 7) is 1.68. The molecule has 1 aromatic rings. The van der Waals surface area contributed by atoms with Gasteiger partial charge in [-0.25, -0.2) is 8.42 Å². The van der Waals surface area contributed by atoms with E-state index in [4.69, 9.17) is 5.11 Å². The van der Waals surface area contributed by atoms with E-state index in [1.807, 2.05) is 0 Å². The maximum Gasteiger partial charge on any atom is 0.355 e. The van der Waals surface area contributed by atoms with Crippen molar-refractivity contribution in [3.63, 3.8) is 0 Å². The number of hydrogen-bond acceptors (Lipinski definition) is 3. The molecular weight excluding hydrogens is 276 g/mol. The molecule has 0 radical (unpaired) electrons. The molecule has 19 heavy (non-hydrogen) atoms. The van der Waals surface area contributed by atoms with Gasteiger partial charge in [-0.2, -0.15) is 8.78 Å². The highest BCUT2D eigenvalue weighted by Gasteiger charge is 2.23. The van der Waals surface area contributed by atoms with Gasteiger partial charge in [-0.1, -0.05) is 17.9 Å². The van der Waals surface area contributed by atoms with Crippen LogP contribution in [0.25, 0.3) is 0 Å². The van der Waals surface area contributed by atoms with Gasteiger partial charge in [0.15, 0.2) is 0 Å². The number of benzene rings is 1. The van der Waals surface area contributed by atoms with Gasteiger partial charge >= 0.3 is 5.76 Å². The Kier molecular flexibility index (Phi) is 5.27. The molecule has 0 bridgehead atoms. The summed E-state index contributed by atoms with van der Waals surface area (Å²) in [5, 5.41) is 8.60. The third-order valence-electron chi connectivity index (χ3n) is 2.19. The number of halogens is 2. The SMILES string of the molecule is Cc1ccc(NS(=O)(=O)C(F)F)cc1C#CCCO. The molecule has 0 aliphatic heterocycles. The summed E-state index contributed by atoms with van der Waals surface area (Å²) >= 11 is 0. The van der Waals surface area contributed by atoms with E-state index in [2.05, 4.69) is 11.8 Å². The lowest BCUT2D eigenvalue weighted by molar-refractivity contribution is 0.236. The lowest BCUT2D eigenvalue weighted by atomic mass is 10.1. The second-order valence-corrected chi connectivity index (χ2v) is 5.36. The number of sulfonamides is 1. The molecule has 7 heteroatoms. The Balaban J connectivity index is 3.01. The molecule has 0 aromatic heterocycles. The molecule has 0 amide bonds. The summed E-state index contributed by atoms with van der Waals surface area (Å²) < 4.78 is 48.3. The molecule has 1 rings (SSSR count). The van der Waals surface area contributed by atoms with E-state index in [1.165, 1.54) is 12.1 Å². The predicted molar refractivity (Wildman–Crippen MR) is 68.3 cm³/mol. The first kappa shape index (κ1) is 15.4. The molecule has 0 heterocycles. The highest BCUT2D eigenvalue weighted by atomic mass is 32.2. The minimum atomic E-state index is -4.68. The standard InChI is InChI=1S/C12H13F2NO3S/c1-9-5-6-11(15-19(17,18)12(13)14)8-10(9)4-2-3-7-16/h5-6,8,12,15-16H,3,7H2,1H3. The van der Waals surface area contributed by atoms with Crippen LogP contribution in [-0.2, 0) is 10.0 Å². The molecule has 0 unspecified atom stereocenters. The van der Waals surface area contributed by atoms with Crippen molar-refractivity contribution in [1.29, 1.82) is 0 Å². The number of anilines is 1. The second kappa shape index (κ2) is 6.50. The lowest BCUT2D eigenvalue weighted by Crippen LogP contribution is -2.20. The summed E-state index contributed by atoms with van der Waals surface area (Å²) in [7, 11) is -4.68. The number of hydrogen-bond donors (Lipinski definition) is 2. The van der Waals surface area contributed by atoms with E-state index in [1.54, 1.807) is 17.7 Å². The Hall–Kier alpha value is -1.65. The van der Waals surface area contributed by atoms with Gasteiger partial charge in [-0.3, -0.25) is 4.72 Å². The molecule has 0 fully saturated rings. The molecular formula is C12H13F2NO3S. The van der Waals surface area contributed by atoms with E-state index in [9.17, 15) is 17.2 Å². The van der Waals surface area contributed by atoms with Crippen LogP contribution in [0.2, 0.25) is 0 Å². The zero-order valence-electron chi connectivity index (χ0n) is 10.2. The average Bonchev–Trinajstić information content (AvgIpc) is 2.33. The Morgan fingerprint density at radius 3 is 2.68 bits per heavy atom. The Morgan fingerprint density at radius 2 is 2.11 bits per heavy atom. The highest BCUT2D eigenvalue weighted by molar-refractivity contribution is 7.93. The van der Waals surface area contributed by atoms with Crippen LogP contribution in [0.4, 0.5) is 14.5 Å². The van der Waals surface area contributed by atoms with Crippen molar-refractivity contribution in [1.82, 2.24) is 0 Å². The van der Waals surface area contributed by atoms with Gasteiger partial charge in [-0.05, 0) is 24.6 Å². The number of rotatable bonds is 4. The number of aliphatic hydroxyl groups is 1. The van der Waals surface area contributed by atoms with Crippen LogP contribution < -0.4 is 4.72 Å². The Bertz CT molecular complexity index is 603. The summed E-state index contributed by atoms with van der Waals surface area (Å²) in [5.41, 5.74) is 1.33. The normalized spacial score (nSPS) is 11.0. The van der Waals surface area contributed by atoms with Gasteiger partial charge in [0, 0.05) is 17.7 Å². The summed E-state index contributed by atoms with van der Waals surface area (Å²) in [6, 6.07) is 4.33. The molecule has 0 atom stereocenters. The van der Waals surface area contributed by atoms with Gasteiger partial charge in [0.1, 0.15) is 0 Å². The fraction of sp³-hybridized carbons (Fsp3) is 0.333. The monoisotopic (exact) mass is 289 g/mol. The van der Waals surface area contributed by atoms with E-state index in [0.29, 0.717) is 5.56 Å². The fourth-order valence-corrected chi connectivity index (χ4v) is 1.79. The first-order valence-electron chi connectivity index (χ1n) is 5.37.